The van der Waals surface area contributed by atoms with Gasteiger partial charge < -0.3 is 5.32 Å². The number of hydrogen-bond donors (Lipinski definition) is 1. The van der Waals surface area contributed by atoms with E-state index in [2.05, 4.69) is 37.8 Å². The maximum Gasteiger partial charge on any atom is 0.0186 e. The molecule has 0 heterocycles. The Morgan fingerprint density at radius 1 is 1.38 bits per heavy atom. The van der Waals surface area contributed by atoms with Gasteiger partial charge in [-0.1, -0.05) is 20.8 Å². The van der Waals surface area contributed by atoms with E-state index in [0.717, 1.165) is 17.2 Å². The third kappa shape index (κ3) is 4.92. The highest BCUT2D eigenvalue weighted by molar-refractivity contribution is 7.99. The van der Waals surface area contributed by atoms with E-state index >= 15 is 0 Å². The van der Waals surface area contributed by atoms with E-state index in [1.54, 1.807) is 0 Å². The lowest BCUT2D eigenvalue weighted by Gasteiger charge is -2.18. The minimum atomic E-state index is 0.782. The summed E-state index contributed by atoms with van der Waals surface area (Å²) in [7, 11) is 0. The zero-order valence-corrected chi connectivity index (χ0v) is 9.99. The molecule has 1 aliphatic carbocycles. The lowest BCUT2D eigenvalue weighted by molar-refractivity contribution is 0.503. The first-order chi connectivity index (χ1) is 6.24. The molecule has 0 amide bonds. The Morgan fingerprint density at radius 2 is 2.08 bits per heavy atom. The number of nitrogens with one attached hydrogen (secondary N) is 1. The van der Waals surface area contributed by atoms with Gasteiger partial charge in [-0.2, -0.15) is 11.8 Å². The minimum Gasteiger partial charge on any atom is -0.313 e. The molecule has 0 aromatic rings. The molecule has 1 N–H and O–H groups in total. The van der Waals surface area contributed by atoms with E-state index in [1.165, 1.54) is 31.6 Å². The molecule has 0 bridgehead atoms. The van der Waals surface area contributed by atoms with Crippen molar-refractivity contribution in [2.45, 2.75) is 51.3 Å². The van der Waals surface area contributed by atoms with Gasteiger partial charge in [-0.25, -0.2) is 0 Å². The summed E-state index contributed by atoms with van der Waals surface area (Å²) in [6.45, 7) is 8.01. The van der Waals surface area contributed by atoms with Gasteiger partial charge in [-0.05, 0) is 37.0 Å². The first-order valence-corrected chi connectivity index (χ1v) is 6.64. The molecule has 2 heteroatoms. The predicted molar refractivity (Wildman–Crippen MR) is 62.4 cm³/mol. The van der Waals surface area contributed by atoms with E-state index in [0.29, 0.717) is 0 Å². The van der Waals surface area contributed by atoms with Crippen LogP contribution in [0.2, 0.25) is 0 Å². The van der Waals surface area contributed by atoms with Gasteiger partial charge in [-0.15, -0.1) is 0 Å². The summed E-state index contributed by atoms with van der Waals surface area (Å²) in [6, 6.07) is 0.798. The van der Waals surface area contributed by atoms with Crippen LogP contribution in [0.5, 0.6) is 0 Å². The molecule has 1 nitrogen and oxygen atoms in total. The van der Waals surface area contributed by atoms with Crippen LogP contribution >= 0.6 is 11.8 Å². The van der Waals surface area contributed by atoms with Crippen LogP contribution in [0, 0.1) is 5.92 Å². The highest BCUT2D eigenvalue weighted by Crippen LogP contribution is 2.34. The van der Waals surface area contributed by atoms with Crippen molar-refractivity contribution in [3.05, 3.63) is 0 Å². The van der Waals surface area contributed by atoms with Crippen molar-refractivity contribution in [1.29, 1.82) is 0 Å². The Labute approximate surface area is 87.1 Å². The molecular formula is C11H23NS. The Bertz CT molecular complexity index is 132. The molecule has 1 saturated carbocycles. The third-order valence-corrected chi connectivity index (χ3v) is 3.67. The zero-order valence-electron chi connectivity index (χ0n) is 9.18. The number of thioether (sulfide) groups is 1. The van der Waals surface area contributed by atoms with E-state index in [4.69, 9.17) is 0 Å². The Morgan fingerprint density at radius 3 is 2.54 bits per heavy atom. The SMILES string of the molecule is CCCNC(CSC(C)C)C1CC1. The van der Waals surface area contributed by atoms with E-state index < -0.39 is 0 Å². The molecule has 0 aromatic heterocycles. The normalized spacial score (nSPS) is 19.4. The average Bonchev–Trinajstić information content (AvgIpc) is 2.87. The Balaban J connectivity index is 2.13. The van der Waals surface area contributed by atoms with Crippen LogP contribution in [0.4, 0.5) is 0 Å². The van der Waals surface area contributed by atoms with Gasteiger partial charge in [-0.3, -0.25) is 0 Å². The first kappa shape index (κ1) is 11.4. The lowest BCUT2D eigenvalue weighted by atomic mass is 10.2. The second-order valence-electron chi connectivity index (χ2n) is 4.28. The molecule has 1 atom stereocenters. The molecule has 1 rings (SSSR count). The molecule has 1 unspecified atom stereocenters. The van der Waals surface area contributed by atoms with Gasteiger partial charge in [0.2, 0.25) is 0 Å². The van der Waals surface area contributed by atoms with Crippen LogP contribution in [0.25, 0.3) is 0 Å². The molecule has 0 radical (unpaired) electrons. The summed E-state index contributed by atoms with van der Waals surface area (Å²) in [5.74, 6) is 2.31. The fraction of sp³-hybridized carbons (Fsp3) is 1.00. The Kier molecular flexibility index (Phi) is 5.18. The standard InChI is InChI=1S/C11H23NS/c1-4-7-12-11(10-5-6-10)8-13-9(2)3/h9-12H,4-8H2,1-3H3. The molecule has 1 fully saturated rings. The van der Waals surface area contributed by atoms with Gasteiger partial charge in [0, 0.05) is 11.8 Å². The van der Waals surface area contributed by atoms with Crippen LogP contribution in [-0.4, -0.2) is 23.6 Å². The topological polar surface area (TPSA) is 12.0 Å². The number of rotatable bonds is 7. The molecule has 78 valence electrons. The molecule has 1 aliphatic rings. The van der Waals surface area contributed by atoms with Crippen LogP contribution in [0.1, 0.15) is 40.0 Å². The smallest absolute Gasteiger partial charge is 0.0186 e. The highest BCUT2D eigenvalue weighted by Gasteiger charge is 2.30. The predicted octanol–water partition coefficient (Wildman–Crippen LogP) is 2.91. The van der Waals surface area contributed by atoms with Crippen LogP contribution < -0.4 is 5.32 Å². The third-order valence-electron chi connectivity index (χ3n) is 2.46. The Hall–Kier alpha value is 0.310. The quantitative estimate of drug-likeness (QED) is 0.680. The fourth-order valence-electron chi connectivity index (χ4n) is 1.49. The summed E-state index contributed by atoms with van der Waals surface area (Å²) in [5, 5.41) is 4.45. The highest BCUT2D eigenvalue weighted by atomic mass is 32.2. The van der Waals surface area contributed by atoms with Crippen LogP contribution in [0.3, 0.4) is 0 Å². The second kappa shape index (κ2) is 5.92. The van der Waals surface area contributed by atoms with Crippen molar-refractivity contribution in [3.63, 3.8) is 0 Å². The molecule has 0 aromatic carbocycles. The van der Waals surface area contributed by atoms with Crippen molar-refractivity contribution < 1.29 is 0 Å². The summed E-state index contributed by atoms with van der Waals surface area (Å²) in [5.41, 5.74) is 0. The average molecular weight is 201 g/mol. The maximum atomic E-state index is 3.67. The zero-order chi connectivity index (χ0) is 9.68. The summed E-state index contributed by atoms with van der Waals surface area (Å²) < 4.78 is 0. The molecular weight excluding hydrogens is 178 g/mol. The maximum absolute atomic E-state index is 3.67. The first-order valence-electron chi connectivity index (χ1n) is 5.59. The van der Waals surface area contributed by atoms with Crippen LogP contribution in [0.15, 0.2) is 0 Å². The van der Waals surface area contributed by atoms with Gasteiger partial charge in [0.15, 0.2) is 0 Å². The summed E-state index contributed by atoms with van der Waals surface area (Å²) in [4.78, 5) is 0. The molecule has 0 aliphatic heterocycles. The largest absolute Gasteiger partial charge is 0.313 e. The van der Waals surface area contributed by atoms with Gasteiger partial charge in [0.25, 0.3) is 0 Å². The van der Waals surface area contributed by atoms with Gasteiger partial charge >= 0.3 is 0 Å². The van der Waals surface area contributed by atoms with E-state index in [1.807, 2.05) is 0 Å². The summed E-state index contributed by atoms with van der Waals surface area (Å²) in [6.07, 6.45) is 4.18. The summed E-state index contributed by atoms with van der Waals surface area (Å²) >= 11 is 2.10. The fourth-order valence-corrected chi connectivity index (χ4v) is 2.47. The van der Waals surface area contributed by atoms with Crippen molar-refractivity contribution >= 4 is 11.8 Å². The molecule has 0 saturated heterocycles. The molecule has 13 heavy (non-hydrogen) atoms. The number of hydrogen-bond acceptors (Lipinski definition) is 2. The second-order valence-corrected chi connectivity index (χ2v) is 5.89. The van der Waals surface area contributed by atoms with Crippen molar-refractivity contribution in [1.82, 2.24) is 5.32 Å². The van der Waals surface area contributed by atoms with Crippen molar-refractivity contribution in [2.24, 2.45) is 5.92 Å². The van der Waals surface area contributed by atoms with Gasteiger partial charge in [0.1, 0.15) is 0 Å². The lowest BCUT2D eigenvalue weighted by Crippen LogP contribution is -2.34. The van der Waals surface area contributed by atoms with E-state index in [9.17, 15) is 0 Å². The monoisotopic (exact) mass is 201 g/mol. The van der Waals surface area contributed by atoms with Gasteiger partial charge in [0.05, 0.1) is 0 Å². The van der Waals surface area contributed by atoms with Crippen molar-refractivity contribution in [3.8, 4) is 0 Å². The van der Waals surface area contributed by atoms with Crippen LogP contribution in [-0.2, 0) is 0 Å². The van der Waals surface area contributed by atoms with E-state index in [-0.39, 0.29) is 0 Å². The minimum absolute atomic E-state index is 0.782. The van der Waals surface area contributed by atoms with Crippen molar-refractivity contribution in [2.75, 3.05) is 12.3 Å². The molecule has 0 spiro atoms.